The Morgan fingerprint density at radius 1 is 1.31 bits per heavy atom. The fraction of sp³-hybridized carbons (Fsp3) is 0.600. The SMILES string of the molecule is CC(=O)/C(C)=C/C(=O)CC(C)(C)O. The average molecular weight is 184 g/mol. The van der Waals surface area contributed by atoms with Crippen molar-refractivity contribution in [1.29, 1.82) is 0 Å². The third kappa shape index (κ3) is 6.22. The van der Waals surface area contributed by atoms with Crippen LogP contribution in [0.1, 0.15) is 34.1 Å². The second-order valence-corrected chi connectivity index (χ2v) is 3.84. The van der Waals surface area contributed by atoms with Gasteiger partial charge in [-0.2, -0.15) is 0 Å². The molecule has 3 heteroatoms. The van der Waals surface area contributed by atoms with Gasteiger partial charge in [0.2, 0.25) is 0 Å². The molecule has 0 aliphatic heterocycles. The summed E-state index contributed by atoms with van der Waals surface area (Å²) in [6.45, 7) is 6.11. The zero-order valence-electron chi connectivity index (χ0n) is 8.55. The Labute approximate surface area is 78.5 Å². The van der Waals surface area contributed by atoms with Crippen molar-refractivity contribution in [2.45, 2.75) is 39.7 Å². The van der Waals surface area contributed by atoms with E-state index in [2.05, 4.69) is 0 Å². The first-order valence-corrected chi connectivity index (χ1v) is 4.17. The summed E-state index contributed by atoms with van der Waals surface area (Å²) in [5.74, 6) is -0.343. The van der Waals surface area contributed by atoms with E-state index in [4.69, 9.17) is 0 Å². The van der Waals surface area contributed by atoms with Gasteiger partial charge >= 0.3 is 0 Å². The van der Waals surface area contributed by atoms with Crippen molar-refractivity contribution in [1.82, 2.24) is 0 Å². The van der Waals surface area contributed by atoms with Crippen molar-refractivity contribution < 1.29 is 14.7 Å². The van der Waals surface area contributed by atoms with Crippen LogP contribution in [0, 0.1) is 0 Å². The highest BCUT2D eigenvalue weighted by Gasteiger charge is 2.16. The van der Waals surface area contributed by atoms with Gasteiger partial charge in [-0.15, -0.1) is 0 Å². The smallest absolute Gasteiger partial charge is 0.158 e. The Kier molecular flexibility index (Phi) is 4.01. The minimum absolute atomic E-state index is 0.0393. The summed E-state index contributed by atoms with van der Waals surface area (Å²) < 4.78 is 0. The topological polar surface area (TPSA) is 54.4 Å². The van der Waals surface area contributed by atoms with Gasteiger partial charge in [-0.25, -0.2) is 0 Å². The molecule has 0 aliphatic rings. The third-order valence-electron chi connectivity index (χ3n) is 1.54. The van der Waals surface area contributed by atoms with E-state index < -0.39 is 5.60 Å². The van der Waals surface area contributed by atoms with Gasteiger partial charge in [0.25, 0.3) is 0 Å². The van der Waals surface area contributed by atoms with E-state index in [0.29, 0.717) is 5.57 Å². The number of aliphatic hydroxyl groups is 1. The van der Waals surface area contributed by atoms with Crippen LogP contribution in [0.2, 0.25) is 0 Å². The quantitative estimate of drug-likeness (QED) is 0.669. The minimum atomic E-state index is -1.01. The van der Waals surface area contributed by atoms with Crippen molar-refractivity contribution in [2.24, 2.45) is 0 Å². The molecule has 0 radical (unpaired) electrons. The molecular formula is C10H16O3. The van der Waals surface area contributed by atoms with Crippen LogP contribution in [-0.2, 0) is 9.59 Å². The second-order valence-electron chi connectivity index (χ2n) is 3.84. The third-order valence-corrected chi connectivity index (χ3v) is 1.54. The van der Waals surface area contributed by atoms with E-state index in [-0.39, 0.29) is 18.0 Å². The fourth-order valence-electron chi connectivity index (χ4n) is 0.821. The maximum atomic E-state index is 11.2. The lowest BCUT2D eigenvalue weighted by Gasteiger charge is -2.14. The van der Waals surface area contributed by atoms with E-state index in [1.807, 2.05) is 0 Å². The molecule has 0 aromatic heterocycles. The predicted molar refractivity (Wildman–Crippen MR) is 50.4 cm³/mol. The number of carbonyl (C=O) groups is 2. The molecule has 0 heterocycles. The molecule has 0 saturated carbocycles. The zero-order chi connectivity index (χ0) is 10.6. The van der Waals surface area contributed by atoms with Crippen molar-refractivity contribution in [3.8, 4) is 0 Å². The molecule has 0 aliphatic carbocycles. The first-order chi connectivity index (χ1) is 5.72. The minimum Gasteiger partial charge on any atom is -0.390 e. The van der Waals surface area contributed by atoms with Gasteiger partial charge in [-0.3, -0.25) is 9.59 Å². The number of ketones is 2. The Hall–Kier alpha value is -0.960. The molecule has 74 valence electrons. The van der Waals surface area contributed by atoms with E-state index in [9.17, 15) is 14.7 Å². The molecule has 0 saturated heterocycles. The summed E-state index contributed by atoms with van der Waals surface area (Å²) in [5, 5.41) is 9.30. The number of hydrogen-bond donors (Lipinski definition) is 1. The highest BCUT2D eigenvalue weighted by Crippen LogP contribution is 2.09. The van der Waals surface area contributed by atoms with Crippen molar-refractivity contribution in [2.75, 3.05) is 0 Å². The molecule has 0 aromatic carbocycles. The lowest BCUT2D eigenvalue weighted by molar-refractivity contribution is -0.119. The van der Waals surface area contributed by atoms with Crippen molar-refractivity contribution >= 4 is 11.6 Å². The van der Waals surface area contributed by atoms with Crippen LogP contribution in [0.25, 0.3) is 0 Å². The van der Waals surface area contributed by atoms with E-state index in [0.717, 1.165) is 0 Å². The monoisotopic (exact) mass is 184 g/mol. The molecule has 0 bridgehead atoms. The Balaban J connectivity index is 4.32. The van der Waals surface area contributed by atoms with Gasteiger partial charge in [-0.05, 0) is 39.3 Å². The summed E-state index contributed by atoms with van der Waals surface area (Å²) in [6.07, 6.45) is 1.32. The van der Waals surface area contributed by atoms with Crippen LogP contribution >= 0.6 is 0 Å². The molecule has 0 spiro atoms. The van der Waals surface area contributed by atoms with Gasteiger partial charge in [0.1, 0.15) is 0 Å². The highest BCUT2D eigenvalue weighted by atomic mass is 16.3. The van der Waals surface area contributed by atoms with Crippen LogP contribution in [0.3, 0.4) is 0 Å². The molecule has 0 rings (SSSR count). The molecule has 0 unspecified atom stereocenters. The molecule has 0 atom stereocenters. The van der Waals surface area contributed by atoms with Crippen LogP contribution in [0.5, 0.6) is 0 Å². The number of Topliss-reactive ketones (excluding diaryl/α,β-unsaturated/α-hetero) is 1. The van der Waals surface area contributed by atoms with Crippen molar-refractivity contribution in [3.63, 3.8) is 0 Å². The largest absolute Gasteiger partial charge is 0.390 e. The van der Waals surface area contributed by atoms with Gasteiger partial charge in [-0.1, -0.05) is 0 Å². The predicted octanol–water partition coefficient (Wildman–Crippen LogP) is 1.25. The van der Waals surface area contributed by atoms with E-state index in [1.54, 1.807) is 20.8 Å². The molecule has 0 fully saturated rings. The Morgan fingerprint density at radius 3 is 2.08 bits per heavy atom. The first-order valence-electron chi connectivity index (χ1n) is 4.17. The fourth-order valence-corrected chi connectivity index (χ4v) is 0.821. The van der Waals surface area contributed by atoms with Crippen LogP contribution in [0.15, 0.2) is 11.6 Å². The van der Waals surface area contributed by atoms with Crippen molar-refractivity contribution in [3.05, 3.63) is 11.6 Å². The van der Waals surface area contributed by atoms with Gasteiger partial charge < -0.3 is 5.11 Å². The van der Waals surface area contributed by atoms with Gasteiger partial charge in [0, 0.05) is 6.42 Å². The van der Waals surface area contributed by atoms with Crippen LogP contribution < -0.4 is 0 Å². The molecule has 0 aromatic rings. The summed E-state index contributed by atoms with van der Waals surface area (Å²) in [4.78, 5) is 21.9. The molecule has 1 N–H and O–H groups in total. The van der Waals surface area contributed by atoms with E-state index in [1.165, 1.54) is 13.0 Å². The Morgan fingerprint density at radius 2 is 1.77 bits per heavy atom. The Bertz CT molecular complexity index is 243. The molecule has 3 nitrogen and oxygen atoms in total. The maximum absolute atomic E-state index is 11.2. The zero-order valence-corrected chi connectivity index (χ0v) is 8.55. The summed E-state index contributed by atoms with van der Waals surface area (Å²) in [7, 11) is 0. The number of rotatable bonds is 4. The first kappa shape index (κ1) is 12.0. The van der Waals surface area contributed by atoms with Crippen LogP contribution in [0.4, 0.5) is 0 Å². The summed E-state index contributed by atoms with van der Waals surface area (Å²) in [6, 6.07) is 0. The average Bonchev–Trinajstić information content (AvgIpc) is 1.81. The van der Waals surface area contributed by atoms with Gasteiger partial charge in [0.15, 0.2) is 11.6 Å². The standard InChI is InChI=1S/C10H16O3/c1-7(8(2)11)5-9(12)6-10(3,4)13/h5,13H,6H2,1-4H3/b7-5+. The molecule has 13 heavy (non-hydrogen) atoms. The number of hydrogen-bond acceptors (Lipinski definition) is 3. The molecular weight excluding hydrogens is 168 g/mol. The highest BCUT2D eigenvalue weighted by molar-refractivity contribution is 6.01. The number of allylic oxidation sites excluding steroid dienone is 2. The van der Waals surface area contributed by atoms with Crippen LogP contribution in [-0.4, -0.2) is 22.3 Å². The lowest BCUT2D eigenvalue weighted by Crippen LogP contribution is -2.22. The maximum Gasteiger partial charge on any atom is 0.158 e. The lowest BCUT2D eigenvalue weighted by atomic mass is 10.0. The summed E-state index contributed by atoms with van der Waals surface area (Å²) in [5.41, 5.74) is -0.584. The number of carbonyl (C=O) groups excluding carboxylic acids is 2. The molecule has 0 amide bonds. The normalized spacial score (nSPS) is 12.8. The second kappa shape index (κ2) is 4.33. The summed E-state index contributed by atoms with van der Waals surface area (Å²) >= 11 is 0. The van der Waals surface area contributed by atoms with E-state index >= 15 is 0 Å². The van der Waals surface area contributed by atoms with Gasteiger partial charge in [0.05, 0.1) is 5.60 Å².